The van der Waals surface area contributed by atoms with Gasteiger partial charge in [0.2, 0.25) is 0 Å². The molecule has 148 valence electrons. The van der Waals surface area contributed by atoms with Gasteiger partial charge in [-0.25, -0.2) is 4.39 Å². The molecule has 27 heavy (non-hydrogen) atoms. The highest BCUT2D eigenvalue weighted by Gasteiger charge is 2.33. The number of fused-ring (bicyclic) bond motifs is 1. The van der Waals surface area contributed by atoms with E-state index in [1.165, 1.54) is 31.7 Å². The van der Waals surface area contributed by atoms with Crippen molar-refractivity contribution in [2.45, 2.75) is 38.5 Å². The fourth-order valence-corrected chi connectivity index (χ4v) is 4.12. The van der Waals surface area contributed by atoms with Gasteiger partial charge >= 0.3 is 0 Å². The first kappa shape index (κ1) is 19.7. The van der Waals surface area contributed by atoms with Gasteiger partial charge < -0.3 is 20.4 Å². The third kappa shape index (κ3) is 5.01. The molecule has 0 atom stereocenters. The number of halogens is 1. The lowest BCUT2D eigenvalue weighted by molar-refractivity contribution is 0.138. The van der Waals surface area contributed by atoms with E-state index >= 15 is 0 Å². The second-order valence-electron chi connectivity index (χ2n) is 7.56. The molecule has 3 N–H and O–H groups in total. The molecular formula is C21H31FN4O. The molecular weight excluding hydrogens is 343 g/mol. The highest BCUT2D eigenvalue weighted by molar-refractivity contribution is 5.83. The molecule has 1 aromatic carbocycles. The highest BCUT2D eigenvalue weighted by Crippen LogP contribution is 2.40. The molecule has 0 unspecified atom stereocenters. The Morgan fingerprint density at radius 1 is 1.30 bits per heavy atom. The Morgan fingerprint density at radius 2 is 2.11 bits per heavy atom. The Kier molecular flexibility index (Phi) is 6.72. The zero-order valence-corrected chi connectivity index (χ0v) is 16.4. The minimum absolute atomic E-state index is 0.202. The quantitative estimate of drug-likeness (QED) is 0.489. The van der Waals surface area contributed by atoms with Crippen molar-refractivity contribution in [3.05, 3.63) is 35.8 Å². The number of benzene rings is 1. The maximum Gasteiger partial charge on any atom is 0.191 e. The molecule has 1 aliphatic rings. The molecule has 0 bridgehead atoms. The van der Waals surface area contributed by atoms with Crippen LogP contribution in [0.5, 0.6) is 0 Å². The van der Waals surface area contributed by atoms with Crippen molar-refractivity contribution in [1.29, 1.82) is 0 Å². The number of guanidine groups is 1. The number of aromatic nitrogens is 1. The van der Waals surface area contributed by atoms with E-state index in [1.54, 1.807) is 26.3 Å². The van der Waals surface area contributed by atoms with Crippen LogP contribution in [0.2, 0.25) is 0 Å². The summed E-state index contributed by atoms with van der Waals surface area (Å²) in [6, 6.07) is 4.85. The summed E-state index contributed by atoms with van der Waals surface area (Å²) in [6.45, 7) is 2.48. The zero-order valence-electron chi connectivity index (χ0n) is 16.4. The summed E-state index contributed by atoms with van der Waals surface area (Å²) in [7, 11) is 3.57. The van der Waals surface area contributed by atoms with Gasteiger partial charge in [0, 0.05) is 51.0 Å². The van der Waals surface area contributed by atoms with Gasteiger partial charge in [-0.1, -0.05) is 12.8 Å². The molecule has 0 spiro atoms. The van der Waals surface area contributed by atoms with Crippen molar-refractivity contribution < 1.29 is 9.13 Å². The Labute approximate surface area is 160 Å². The van der Waals surface area contributed by atoms with E-state index in [-0.39, 0.29) is 5.82 Å². The topological polar surface area (TPSA) is 61.4 Å². The van der Waals surface area contributed by atoms with Crippen molar-refractivity contribution >= 4 is 16.9 Å². The van der Waals surface area contributed by atoms with Crippen molar-refractivity contribution in [3.63, 3.8) is 0 Å². The van der Waals surface area contributed by atoms with Gasteiger partial charge in [-0.05, 0) is 54.9 Å². The standard InChI is InChI=1S/C21H31FN4O/c1-23-20(26-15-21(10-12-27-2)8-3-4-9-21)24-11-7-16-14-25-19-6-5-17(22)13-18(16)19/h5-6,13-14,25H,3-4,7-12,15H2,1-2H3,(H2,23,24,26). The number of hydrogen-bond donors (Lipinski definition) is 3. The van der Waals surface area contributed by atoms with Gasteiger partial charge in [0.1, 0.15) is 5.82 Å². The third-order valence-corrected chi connectivity index (χ3v) is 5.77. The average Bonchev–Trinajstić information content (AvgIpc) is 3.30. The number of nitrogens with zero attached hydrogens (tertiary/aromatic N) is 1. The first-order valence-corrected chi connectivity index (χ1v) is 9.85. The van der Waals surface area contributed by atoms with Crippen molar-refractivity contribution in [2.24, 2.45) is 10.4 Å². The van der Waals surface area contributed by atoms with Gasteiger partial charge in [0.05, 0.1) is 0 Å². The molecule has 0 amide bonds. The minimum atomic E-state index is -0.202. The number of ether oxygens (including phenoxy) is 1. The number of hydrogen-bond acceptors (Lipinski definition) is 2. The minimum Gasteiger partial charge on any atom is -0.385 e. The SMILES string of the molecule is CN=C(NCCc1c[nH]c2ccc(F)cc12)NCC1(CCOC)CCCC1. The number of aromatic amines is 1. The summed E-state index contributed by atoms with van der Waals surface area (Å²) in [5.41, 5.74) is 2.40. The molecule has 0 saturated heterocycles. The molecule has 0 radical (unpaired) electrons. The van der Waals surface area contributed by atoms with E-state index < -0.39 is 0 Å². The van der Waals surface area contributed by atoms with E-state index in [0.29, 0.717) is 5.41 Å². The first-order valence-electron chi connectivity index (χ1n) is 9.85. The van der Waals surface area contributed by atoms with Gasteiger partial charge in [-0.2, -0.15) is 0 Å². The second kappa shape index (κ2) is 9.22. The molecule has 0 aliphatic heterocycles. The summed E-state index contributed by atoms with van der Waals surface area (Å²) in [4.78, 5) is 7.55. The Morgan fingerprint density at radius 3 is 2.85 bits per heavy atom. The number of methoxy groups -OCH3 is 1. The van der Waals surface area contributed by atoms with Crippen LogP contribution in [-0.4, -0.2) is 44.8 Å². The van der Waals surface area contributed by atoms with Gasteiger partial charge in [-0.15, -0.1) is 0 Å². The van der Waals surface area contributed by atoms with Crippen molar-refractivity contribution in [1.82, 2.24) is 15.6 Å². The normalized spacial score (nSPS) is 16.8. The fraction of sp³-hybridized carbons (Fsp3) is 0.571. The van der Waals surface area contributed by atoms with E-state index in [2.05, 4.69) is 20.6 Å². The molecule has 3 rings (SSSR count). The first-order chi connectivity index (χ1) is 13.2. The van der Waals surface area contributed by atoms with Gasteiger partial charge in [0.15, 0.2) is 5.96 Å². The Balaban J connectivity index is 1.51. The number of nitrogens with one attached hydrogen (secondary N) is 3. The maximum absolute atomic E-state index is 13.5. The Bertz CT molecular complexity index is 765. The van der Waals surface area contributed by atoms with Crippen LogP contribution in [0.25, 0.3) is 10.9 Å². The van der Waals surface area contributed by atoms with Crippen LogP contribution in [-0.2, 0) is 11.2 Å². The smallest absolute Gasteiger partial charge is 0.191 e. The summed E-state index contributed by atoms with van der Waals surface area (Å²) in [6.07, 6.45) is 8.96. The van der Waals surface area contributed by atoms with Crippen molar-refractivity contribution in [3.8, 4) is 0 Å². The van der Waals surface area contributed by atoms with Crippen LogP contribution < -0.4 is 10.6 Å². The largest absolute Gasteiger partial charge is 0.385 e. The lowest BCUT2D eigenvalue weighted by Gasteiger charge is -2.30. The molecule has 5 nitrogen and oxygen atoms in total. The lowest BCUT2D eigenvalue weighted by Crippen LogP contribution is -2.43. The van der Waals surface area contributed by atoms with Crippen LogP contribution >= 0.6 is 0 Å². The monoisotopic (exact) mass is 374 g/mol. The van der Waals surface area contributed by atoms with Crippen LogP contribution in [0.3, 0.4) is 0 Å². The molecule has 1 saturated carbocycles. The van der Waals surface area contributed by atoms with Crippen LogP contribution in [0.4, 0.5) is 4.39 Å². The molecule has 6 heteroatoms. The predicted octanol–water partition coefficient (Wildman–Crippen LogP) is 3.61. The predicted molar refractivity (Wildman–Crippen MR) is 109 cm³/mol. The second-order valence-corrected chi connectivity index (χ2v) is 7.56. The van der Waals surface area contributed by atoms with Crippen molar-refractivity contribution in [2.75, 3.05) is 33.9 Å². The zero-order chi connectivity index (χ0) is 19.1. The van der Waals surface area contributed by atoms with Crippen LogP contribution in [0.15, 0.2) is 29.4 Å². The van der Waals surface area contributed by atoms with E-state index in [9.17, 15) is 4.39 Å². The summed E-state index contributed by atoms with van der Waals surface area (Å²) < 4.78 is 18.8. The Hall–Kier alpha value is -2.08. The number of H-pyrrole nitrogens is 1. The van der Waals surface area contributed by atoms with Gasteiger partial charge in [-0.3, -0.25) is 4.99 Å². The summed E-state index contributed by atoms with van der Waals surface area (Å²) >= 11 is 0. The van der Waals surface area contributed by atoms with E-state index in [4.69, 9.17) is 4.74 Å². The molecule has 2 aromatic rings. The number of aliphatic imine (C=N–C) groups is 1. The molecule has 1 fully saturated rings. The lowest BCUT2D eigenvalue weighted by atomic mass is 9.83. The summed E-state index contributed by atoms with van der Waals surface area (Å²) in [5, 5.41) is 7.84. The maximum atomic E-state index is 13.5. The average molecular weight is 375 g/mol. The molecule has 1 aromatic heterocycles. The summed E-state index contributed by atoms with van der Waals surface area (Å²) in [5.74, 6) is 0.622. The molecule has 1 heterocycles. The van der Waals surface area contributed by atoms with Crippen LogP contribution in [0.1, 0.15) is 37.7 Å². The highest BCUT2D eigenvalue weighted by atomic mass is 19.1. The number of rotatable bonds is 8. The van der Waals surface area contributed by atoms with Crippen LogP contribution in [0, 0.1) is 11.2 Å². The van der Waals surface area contributed by atoms with E-state index in [0.717, 1.165) is 55.0 Å². The van der Waals surface area contributed by atoms with Gasteiger partial charge in [0.25, 0.3) is 0 Å². The third-order valence-electron chi connectivity index (χ3n) is 5.77. The van der Waals surface area contributed by atoms with E-state index in [1.807, 2.05) is 6.20 Å². The molecule has 1 aliphatic carbocycles. The fourth-order valence-electron chi connectivity index (χ4n) is 4.12.